The highest BCUT2D eigenvalue weighted by molar-refractivity contribution is 5.72. The van der Waals surface area contributed by atoms with Crippen LogP contribution >= 0.6 is 0 Å². The minimum Gasteiger partial charge on any atom is -0.477 e. The van der Waals surface area contributed by atoms with Crippen LogP contribution in [0.1, 0.15) is 52.9 Å². The van der Waals surface area contributed by atoms with Gasteiger partial charge in [-0.05, 0) is 58.1 Å². The summed E-state index contributed by atoms with van der Waals surface area (Å²) in [5.41, 5.74) is 8.02. The molecule has 0 N–H and O–H groups in total. The monoisotopic (exact) mass is 389 g/mol. The van der Waals surface area contributed by atoms with Crippen molar-refractivity contribution < 1.29 is 4.74 Å². The Labute approximate surface area is 171 Å². The number of nitrogens with zero attached hydrogens (tertiary/aromatic N) is 5. The Hall–Kier alpha value is -2.76. The highest BCUT2D eigenvalue weighted by Crippen LogP contribution is 2.47. The predicted octanol–water partition coefficient (Wildman–Crippen LogP) is 3.87. The van der Waals surface area contributed by atoms with E-state index in [2.05, 4.69) is 34.1 Å². The Kier molecular flexibility index (Phi) is 4.37. The molecular weight excluding hydrogens is 362 g/mol. The Bertz CT molecular complexity index is 1090. The van der Waals surface area contributed by atoms with E-state index < -0.39 is 0 Å². The first-order chi connectivity index (χ1) is 14.0. The molecule has 150 valence electrons. The number of rotatable bonds is 5. The largest absolute Gasteiger partial charge is 0.477 e. The summed E-state index contributed by atoms with van der Waals surface area (Å²) in [7, 11) is 1.96. The Morgan fingerprint density at radius 1 is 1.14 bits per heavy atom. The van der Waals surface area contributed by atoms with Gasteiger partial charge in [-0.15, -0.1) is 0 Å². The highest BCUT2D eigenvalue weighted by atomic mass is 16.5. The summed E-state index contributed by atoms with van der Waals surface area (Å²) in [6.07, 6.45) is 6.55. The fourth-order valence-corrected chi connectivity index (χ4v) is 4.52. The third-order valence-electron chi connectivity index (χ3n) is 6.34. The van der Waals surface area contributed by atoms with Gasteiger partial charge in [0.05, 0.1) is 17.9 Å². The van der Waals surface area contributed by atoms with Gasteiger partial charge in [0.2, 0.25) is 5.88 Å². The lowest BCUT2D eigenvalue weighted by molar-refractivity contribution is 0.285. The van der Waals surface area contributed by atoms with E-state index in [1.807, 2.05) is 31.8 Å². The van der Waals surface area contributed by atoms with Crippen molar-refractivity contribution in [3.05, 3.63) is 52.5 Å². The second-order valence-electron chi connectivity index (χ2n) is 8.41. The number of hydrogen-bond donors (Lipinski definition) is 0. The lowest BCUT2D eigenvalue weighted by Crippen LogP contribution is -2.06. The summed E-state index contributed by atoms with van der Waals surface area (Å²) in [6.45, 7) is 6.64. The molecule has 3 heterocycles. The van der Waals surface area contributed by atoms with Crippen molar-refractivity contribution in [1.82, 2.24) is 24.7 Å². The summed E-state index contributed by atoms with van der Waals surface area (Å²) in [4.78, 5) is 13.9. The molecule has 0 amide bonds. The molecular formula is C23H27N5O. The van der Waals surface area contributed by atoms with E-state index in [0.29, 0.717) is 24.3 Å². The average Bonchev–Trinajstić information content (AvgIpc) is 3.24. The highest BCUT2D eigenvalue weighted by Gasteiger charge is 2.40. The minimum absolute atomic E-state index is 0.501. The zero-order chi connectivity index (χ0) is 20.1. The van der Waals surface area contributed by atoms with Gasteiger partial charge in [0.1, 0.15) is 5.82 Å². The van der Waals surface area contributed by atoms with Crippen molar-refractivity contribution in [2.45, 2.75) is 52.4 Å². The molecule has 0 radical (unpaired) electrons. The van der Waals surface area contributed by atoms with Crippen LogP contribution in [0.2, 0.25) is 0 Å². The van der Waals surface area contributed by atoms with E-state index in [1.165, 1.54) is 29.8 Å². The van der Waals surface area contributed by atoms with Crippen molar-refractivity contribution in [3.8, 4) is 17.0 Å². The molecule has 2 aliphatic rings. The van der Waals surface area contributed by atoms with Crippen LogP contribution in [-0.2, 0) is 19.9 Å². The number of aromatic nitrogens is 5. The SMILES string of the molecule is Cc1ncc(-c2c(C)nn(C)c2C)c(OCC2CC2c2ccc3c(n2)CCC3)n1. The van der Waals surface area contributed by atoms with Crippen LogP contribution in [0.25, 0.3) is 11.1 Å². The molecule has 6 heteroatoms. The number of fused-ring (bicyclic) bond motifs is 1. The van der Waals surface area contributed by atoms with Crippen molar-refractivity contribution >= 4 is 0 Å². The lowest BCUT2D eigenvalue weighted by Gasteiger charge is -2.11. The number of ether oxygens (including phenoxy) is 1. The van der Waals surface area contributed by atoms with Crippen LogP contribution in [0, 0.1) is 26.7 Å². The summed E-state index contributed by atoms with van der Waals surface area (Å²) in [5, 5.41) is 4.54. The van der Waals surface area contributed by atoms with Crippen molar-refractivity contribution in [1.29, 1.82) is 0 Å². The first-order valence-corrected chi connectivity index (χ1v) is 10.5. The lowest BCUT2D eigenvalue weighted by atomic mass is 10.1. The fourth-order valence-electron chi connectivity index (χ4n) is 4.52. The summed E-state index contributed by atoms with van der Waals surface area (Å²) in [5.74, 6) is 2.38. The maximum Gasteiger partial charge on any atom is 0.224 e. The van der Waals surface area contributed by atoms with Gasteiger partial charge in [-0.1, -0.05) is 6.07 Å². The van der Waals surface area contributed by atoms with Crippen LogP contribution in [-0.4, -0.2) is 31.3 Å². The van der Waals surface area contributed by atoms with E-state index in [4.69, 9.17) is 9.72 Å². The van der Waals surface area contributed by atoms with Crippen LogP contribution in [0.15, 0.2) is 18.3 Å². The van der Waals surface area contributed by atoms with Crippen molar-refractivity contribution in [2.75, 3.05) is 6.61 Å². The number of aryl methyl sites for hydroxylation is 5. The fraction of sp³-hybridized carbons (Fsp3) is 0.478. The number of hydrogen-bond acceptors (Lipinski definition) is 5. The molecule has 3 aromatic rings. The smallest absolute Gasteiger partial charge is 0.224 e. The predicted molar refractivity (Wildman–Crippen MR) is 111 cm³/mol. The van der Waals surface area contributed by atoms with E-state index >= 15 is 0 Å². The molecule has 1 saturated carbocycles. The zero-order valence-corrected chi connectivity index (χ0v) is 17.6. The van der Waals surface area contributed by atoms with Crippen LogP contribution in [0.4, 0.5) is 0 Å². The van der Waals surface area contributed by atoms with Crippen molar-refractivity contribution in [3.63, 3.8) is 0 Å². The van der Waals surface area contributed by atoms with Gasteiger partial charge in [-0.25, -0.2) is 4.98 Å². The molecule has 3 aromatic heterocycles. The zero-order valence-electron chi connectivity index (χ0n) is 17.6. The average molecular weight is 390 g/mol. The van der Waals surface area contributed by atoms with Gasteiger partial charge in [0, 0.05) is 47.7 Å². The molecule has 0 aliphatic heterocycles. The summed E-state index contributed by atoms with van der Waals surface area (Å²) >= 11 is 0. The van der Waals surface area contributed by atoms with E-state index in [9.17, 15) is 0 Å². The molecule has 6 nitrogen and oxygen atoms in total. The Morgan fingerprint density at radius 3 is 2.79 bits per heavy atom. The van der Waals surface area contributed by atoms with Gasteiger partial charge in [-0.2, -0.15) is 10.1 Å². The normalized spacial score (nSPS) is 20.0. The van der Waals surface area contributed by atoms with E-state index in [0.717, 1.165) is 41.2 Å². The summed E-state index contributed by atoms with van der Waals surface area (Å²) < 4.78 is 8.14. The van der Waals surface area contributed by atoms with Crippen molar-refractivity contribution in [2.24, 2.45) is 13.0 Å². The van der Waals surface area contributed by atoms with Crippen LogP contribution < -0.4 is 4.74 Å². The van der Waals surface area contributed by atoms with Gasteiger partial charge in [0.15, 0.2) is 0 Å². The molecule has 2 unspecified atom stereocenters. The molecule has 0 aromatic carbocycles. The quantitative estimate of drug-likeness (QED) is 0.663. The molecule has 5 rings (SSSR count). The van der Waals surface area contributed by atoms with Crippen LogP contribution in [0.5, 0.6) is 5.88 Å². The first kappa shape index (κ1) is 18.3. The topological polar surface area (TPSA) is 65.7 Å². The molecule has 0 bridgehead atoms. The van der Waals surface area contributed by atoms with Gasteiger partial charge < -0.3 is 4.74 Å². The number of pyridine rings is 1. The Balaban J connectivity index is 1.34. The van der Waals surface area contributed by atoms with Crippen LogP contribution in [0.3, 0.4) is 0 Å². The molecule has 1 fully saturated rings. The third-order valence-corrected chi connectivity index (χ3v) is 6.34. The standard InChI is InChI=1S/C23H27N5O/c1-13-22(14(2)28(4)27-13)19-11-24-15(3)25-23(19)29-12-17-10-18(17)21-9-8-16-6-5-7-20(16)26-21/h8-9,11,17-18H,5-7,10,12H2,1-4H3. The summed E-state index contributed by atoms with van der Waals surface area (Å²) in [6, 6.07) is 4.50. The molecule has 2 aliphatic carbocycles. The maximum absolute atomic E-state index is 6.24. The first-order valence-electron chi connectivity index (χ1n) is 10.5. The van der Waals surface area contributed by atoms with Gasteiger partial charge >= 0.3 is 0 Å². The molecule has 29 heavy (non-hydrogen) atoms. The molecule has 2 atom stereocenters. The minimum atomic E-state index is 0.501. The maximum atomic E-state index is 6.24. The molecule has 0 spiro atoms. The van der Waals surface area contributed by atoms with E-state index in [1.54, 1.807) is 0 Å². The van der Waals surface area contributed by atoms with Gasteiger partial charge in [0.25, 0.3) is 0 Å². The second kappa shape index (κ2) is 6.94. The Morgan fingerprint density at radius 2 is 2.00 bits per heavy atom. The van der Waals surface area contributed by atoms with E-state index in [-0.39, 0.29) is 0 Å². The third kappa shape index (κ3) is 3.30. The molecule has 0 saturated heterocycles. The second-order valence-corrected chi connectivity index (χ2v) is 8.41. The van der Waals surface area contributed by atoms with Gasteiger partial charge in [-0.3, -0.25) is 9.67 Å².